The number of halogens is 3. The number of benzene rings is 4. The second-order valence-electron chi connectivity index (χ2n) is 9.53. The van der Waals surface area contributed by atoms with Crippen LogP contribution < -0.4 is 10.2 Å². The molecule has 40 heavy (non-hydrogen) atoms. The molecule has 0 saturated heterocycles. The third-order valence-electron chi connectivity index (χ3n) is 7.01. The van der Waals surface area contributed by atoms with Crippen molar-refractivity contribution in [3.63, 3.8) is 0 Å². The summed E-state index contributed by atoms with van der Waals surface area (Å²) in [5.74, 6) is 1.95. The second kappa shape index (κ2) is 9.82. The van der Waals surface area contributed by atoms with Gasteiger partial charge in [0.15, 0.2) is 17.5 Å². The molecule has 7 rings (SSSR count). The molecule has 6 nitrogen and oxygen atoms in total. The molecule has 9 heteroatoms. The first-order valence-corrected chi connectivity index (χ1v) is 13.8. The Morgan fingerprint density at radius 2 is 1.55 bits per heavy atom. The Morgan fingerprint density at radius 1 is 0.825 bits per heavy atom. The molecule has 0 fully saturated rings. The van der Waals surface area contributed by atoms with E-state index in [9.17, 15) is 0 Å². The lowest BCUT2D eigenvalue weighted by Crippen LogP contribution is -2.48. The molecule has 196 valence electrons. The van der Waals surface area contributed by atoms with Gasteiger partial charge in [0, 0.05) is 15.6 Å². The van der Waals surface area contributed by atoms with Crippen molar-refractivity contribution in [2.24, 2.45) is 9.98 Å². The highest BCUT2D eigenvalue weighted by molar-refractivity contribution is 6.52. The molecule has 1 N–H and O–H groups in total. The Labute approximate surface area is 246 Å². The van der Waals surface area contributed by atoms with Crippen LogP contribution in [0, 0.1) is 6.92 Å². The summed E-state index contributed by atoms with van der Waals surface area (Å²) in [5, 5.41) is 10.1. The quantitative estimate of drug-likeness (QED) is 0.231. The molecule has 2 aliphatic heterocycles. The number of aliphatic imine (C=N–C) groups is 2. The normalized spacial score (nSPS) is 16.6. The van der Waals surface area contributed by atoms with Crippen molar-refractivity contribution in [3.8, 4) is 5.69 Å². The molecule has 0 aliphatic carbocycles. The lowest BCUT2D eigenvalue weighted by molar-refractivity contribution is 0.816. The molecule has 0 spiro atoms. The highest BCUT2D eigenvalue weighted by atomic mass is 35.5. The van der Waals surface area contributed by atoms with E-state index in [1.165, 1.54) is 0 Å². The maximum atomic E-state index is 6.55. The first-order chi connectivity index (χ1) is 19.5. The number of fused-ring (bicyclic) bond motifs is 4. The van der Waals surface area contributed by atoms with Crippen LogP contribution in [0.3, 0.4) is 0 Å². The Hall–Kier alpha value is -4.10. The van der Waals surface area contributed by atoms with E-state index >= 15 is 0 Å². The summed E-state index contributed by atoms with van der Waals surface area (Å²) in [6.07, 6.45) is 0. The fraction of sp³-hybridized carbons (Fsp3) is 0.0645. The van der Waals surface area contributed by atoms with Gasteiger partial charge in [-0.25, -0.2) is 14.7 Å². The van der Waals surface area contributed by atoms with Gasteiger partial charge in [0.2, 0.25) is 0 Å². The summed E-state index contributed by atoms with van der Waals surface area (Å²) < 4.78 is 1.89. The fourth-order valence-corrected chi connectivity index (χ4v) is 5.81. The number of amidine groups is 2. The van der Waals surface area contributed by atoms with E-state index in [-0.39, 0.29) is 6.04 Å². The molecule has 0 saturated carbocycles. The average Bonchev–Trinajstić information content (AvgIpc) is 3.30. The van der Waals surface area contributed by atoms with Gasteiger partial charge < -0.3 is 10.2 Å². The summed E-state index contributed by atoms with van der Waals surface area (Å²) in [6.45, 7) is 2.03. The van der Waals surface area contributed by atoms with Gasteiger partial charge >= 0.3 is 0 Å². The van der Waals surface area contributed by atoms with Crippen molar-refractivity contribution in [2.45, 2.75) is 13.0 Å². The van der Waals surface area contributed by atoms with Gasteiger partial charge in [-0.3, -0.25) is 0 Å². The standard InChI is InChI=1S/C31H21Cl3N6/c1-18-27-28(19-11-13-20(32)14-12-19)39-26-10-6-5-9-25(26)36-29(35-24-16-15-21(33)17-23(24)34)31(39)37-30(27)40(38-18)22-7-3-2-4-8-22/h2-17,28H,1H3,(H,35,36)/t28-/m1/s1. The number of anilines is 2. The Balaban J connectivity index is 1.53. The molecule has 0 bridgehead atoms. The Bertz CT molecular complexity index is 1830. The number of hydrogen-bond donors (Lipinski definition) is 1. The molecular weight excluding hydrogens is 563 g/mol. The van der Waals surface area contributed by atoms with Gasteiger partial charge in [-0.15, -0.1) is 0 Å². The van der Waals surface area contributed by atoms with Crippen LogP contribution in [-0.4, -0.2) is 21.5 Å². The lowest BCUT2D eigenvalue weighted by Gasteiger charge is -2.41. The van der Waals surface area contributed by atoms with Crippen molar-refractivity contribution in [3.05, 3.63) is 129 Å². The number of para-hydroxylation sites is 3. The van der Waals surface area contributed by atoms with Crippen LogP contribution in [0.5, 0.6) is 0 Å². The minimum absolute atomic E-state index is 0.244. The van der Waals surface area contributed by atoms with Gasteiger partial charge in [0.1, 0.15) is 0 Å². The number of rotatable bonds is 3. The third-order valence-corrected chi connectivity index (χ3v) is 7.80. The summed E-state index contributed by atoms with van der Waals surface area (Å²) in [6, 6.07) is 31.1. The van der Waals surface area contributed by atoms with E-state index in [4.69, 9.17) is 49.9 Å². The van der Waals surface area contributed by atoms with Crippen LogP contribution in [0.4, 0.5) is 22.9 Å². The highest BCUT2D eigenvalue weighted by Crippen LogP contribution is 2.48. The van der Waals surface area contributed by atoms with Crippen molar-refractivity contribution >= 4 is 69.4 Å². The smallest absolute Gasteiger partial charge is 0.179 e. The van der Waals surface area contributed by atoms with Crippen LogP contribution in [0.2, 0.25) is 15.1 Å². The zero-order valence-corrected chi connectivity index (χ0v) is 23.5. The van der Waals surface area contributed by atoms with Crippen LogP contribution in [0.15, 0.2) is 107 Å². The largest absolute Gasteiger partial charge is 0.335 e. The minimum atomic E-state index is -0.244. The molecule has 4 aromatic carbocycles. The molecule has 5 aromatic rings. The van der Waals surface area contributed by atoms with E-state index in [1.807, 2.05) is 72.3 Å². The molecular formula is C31H21Cl3N6. The summed E-state index contributed by atoms with van der Waals surface area (Å²) >= 11 is 19.0. The van der Waals surface area contributed by atoms with Crippen molar-refractivity contribution < 1.29 is 0 Å². The first-order valence-electron chi connectivity index (χ1n) is 12.7. The van der Waals surface area contributed by atoms with E-state index < -0.39 is 0 Å². The van der Waals surface area contributed by atoms with E-state index in [1.54, 1.807) is 18.2 Å². The third kappa shape index (κ3) is 4.16. The number of nitrogens with one attached hydrogen (secondary N) is 1. The molecule has 1 atom stereocenters. The summed E-state index contributed by atoms with van der Waals surface area (Å²) in [7, 11) is 0. The van der Waals surface area contributed by atoms with Gasteiger partial charge in [-0.05, 0) is 67.1 Å². The molecule has 0 unspecified atom stereocenters. The van der Waals surface area contributed by atoms with Gasteiger partial charge in [0.05, 0.1) is 39.5 Å². The molecule has 0 radical (unpaired) electrons. The van der Waals surface area contributed by atoms with Crippen molar-refractivity contribution in [1.29, 1.82) is 0 Å². The topological polar surface area (TPSA) is 57.8 Å². The van der Waals surface area contributed by atoms with Crippen LogP contribution >= 0.6 is 34.8 Å². The molecule has 0 amide bonds. The van der Waals surface area contributed by atoms with E-state index in [0.717, 1.165) is 39.7 Å². The lowest BCUT2D eigenvalue weighted by atomic mass is 9.93. The predicted octanol–water partition coefficient (Wildman–Crippen LogP) is 8.94. The second-order valence-corrected chi connectivity index (χ2v) is 10.8. The predicted molar refractivity (Wildman–Crippen MR) is 165 cm³/mol. The average molecular weight is 584 g/mol. The zero-order chi connectivity index (χ0) is 27.4. The maximum absolute atomic E-state index is 6.55. The molecule has 1 aromatic heterocycles. The van der Waals surface area contributed by atoms with E-state index in [0.29, 0.717) is 32.4 Å². The molecule has 3 heterocycles. The SMILES string of the molecule is Cc1nn(-c2ccccc2)c2c1[C@@H](c1ccc(Cl)cc1)N1C(=N2)C(=Nc2ccc(Cl)cc2Cl)Nc2ccccc21. The first kappa shape index (κ1) is 24.9. The van der Waals surface area contributed by atoms with Crippen LogP contribution in [-0.2, 0) is 0 Å². The minimum Gasteiger partial charge on any atom is -0.335 e. The monoisotopic (exact) mass is 582 g/mol. The van der Waals surface area contributed by atoms with Gasteiger partial charge in [-0.2, -0.15) is 5.10 Å². The Kier molecular flexibility index (Phi) is 6.12. The van der Waals surface area contributed by atoms with Crippen molar-refractivity contribution in [2.75, 3.05) is 10.2 Å². The van der Waals surface area contributed by atoms with E-state index in [2.05, 4.69) is 28.4 Å². The molecule has 2 aliphatic rings. The number of hydrogen-bond acceptors (Lipinski definition) is 4. The fourth-order valence-electron chi connectivity index (χ4n) is 5.23. The van der Waals surface area contributed by atoms with Crippen molar-refractivity contribution in [1.82, 2.24) is 9.78 Å². The van der Waals surface area contributed by atoms with Gasteiger partial charge in [-0.1, -0.05) is 77.3 Å². The summed E-state index contributed by atoms with van der Waals surface area (Å²) in [5.41, 5.74) is 6.32. The number of nitrogens with zero attached hydrogens (tertiary/aromatic N) is 5. The van der Waals surface area contributed by atoms with Crippen LogP contribution in [0.1, 0.15) is 22.9 Å². The Morgan fingerprint density at radius 3 is 2.33 bits per heavy atom. The number of aryl methyl sites for hydroxylation is 1. The zero-order valence-electron chi connectivity index (χ0n) is 21.2. The van der Waals surface area contributed by atoms with Gasteiger partial charge in [0.25, 0.3) is 0 Å². The van der Waals surface area contributed by atoms with Crippen LogP contribution in [0.25, 0.3) is 5.69 Å². The summed E-state index contributed by atoms with van der Waals surface area (Å²) in [4.78, 5) is 12.4. The maximum Gasteiger partial charge on any atom is 0.179 e. The highest BCUT2D eigenvalue weighted by Gasteiger charge is 2.41. The number of aromatic nitrogens is 2.